The molecule has 6 nitrogen and oxygen atoms in total. The molecule has 28 heavy (non-hydrogen) atoms. The number of Topliss-reactive ketones (excluding diaryl/α,β-unsaturated/α-hetero) is 1. The van der Waals surface area contributed by atoms with Crippen LogP contribution in [0.3, 0.4) is 0 Å². The fourth-order valence-electron chi connectivity index (χ4n) is 3.05. The summed E-state index contributed by atoms with van der Waals surface area (Å²) in [5.41, 5.74) is 2.65. The topological polar surface area (TPSA) is 84.3 Å². The van der Waals surface area contributed by atoms with Gasteiger partial charge in [0.2, 0.25) is 0 Å². The van der Waals surface area contributed by atoms with Gasteiger partial charge in [-0.3, -0.25) is 4.79 Å². The Morgan fingerprint density at radius 2 is 2.07 bits per heavy atom. The summed E-state index contributed by atoms with van der Waals surface area (Å²) < 4.78 is 5.36. The number of aromatic nitrogens is 2. The number of anilines is 1. The number of methoxy groups -OCH3 is 1. The van der Waals surface area contributed by atoms with Crippen LogP contribution in [0.2, 0.25) is 0 Å². The lowest BCUT2D eigenvalue weighted by Crippen LogP contribution is -2.14. The molecule has 6 heteroatoms. The zero-order valence-electron chi connectivity index (χ0n) is 16.2. The van der Waals surface area contributed by atoms with Crippen LogP contribution in [-0.2, 0) is 11.2 Å². The molecule has 0 fully saturated rings. The van der Waals surface area contributed by atoms with E-state index in [1.165, 1.54) is 0 Å². The van der Waals surface area contributed by atoms with Crippen molar-refractivity contribution in [3.63, 3.8) is 0 Å². The van der Waals surface area contributed by atoms with E-state index in [1.54, 1.807) is 13.3 Å². The summed E-state index contributed by atoms with van der Waals surface area (Å²) in [6.45, 7) is 2.26. The molecule has 0 aliphatic rings. The van der Waals surface area contributed by atoms with Crippen molar-refractivity contribution in [2.45, 2.75) is 26.2 Å². The molecule has 0 spiro atoms. The zero-order chi connectivity index (χ0) is 19.9. The van der Waals surface area contributed by atoms with Gasteiger partial charge in [-0.2, -0.15) is 0 Å². The first-order valence-electron chi connectivity index (χ1n) is 9.45. The average molecular weight is 379 g/mol. The number of nitrogens with zero attached hydrogens (tertiary/aromatic N) is 2. The Morgan fingerprint density at radius 1 is 1.21 bits per heavy atom. The van der Waals surface area contributed by atoms with E-state index in [-0.39, 0.29) is 18.9 Å². The molecule has 0 radical (unpaired) electrons. The van der Waals surface area contributed by atoms with Gasteiger partial charge in [0.15, 0.2) is 5.78 Å². The molecule has 3 rings (SSSR count). The number of hydrogen-bond donors (Lipinski definition) is 2. The number of aliphatic hydroxyl groups is 1. The first-order valence-corrected chi connectivity index (χ1v) is 9.45. The molecule has 0 atom stereocenters. The van der Waals surface area contributed by atoms with Crippen LogP contribution < -0.4 is 10.1 Å². The van der Waals surface area contributed by atoms with E-state index in [0.717, 1.165) is 45.7 Å². The highest BCUT2D eigenvalue weighted by Crippen LogP contribution is 2.32. The average Bonchev–Trinajstić information content (AvgIpc) is 2.75. The minimum Gasteiger partial charge on any atom is -0.497 e. The van der Waals surface area contributed by atoms with Gasteiger partial charge in [0.25, 0.3) is 0 Å². The first-order chi connectivity index (χ1) is 13.6. The Balaban J connectivity index is 2.00. The van der Waals surface area contributed by atoms with Crippen LogP contribution in [0.1, 0.15) is 25.6 Å². The number of aryl methyl sites for hydroxylation is 1. The molecule has 1 aromatic heterocycles. The van der Waals surface area contributed by atoms with E-state index in [1.807, 2.05) is 37.3 Å². The Bertz CT molecular complexity index is 972. The van der Waals surface area contributed by atoms with Gasteiger partial charge < -0.3 is 15.2 Å². The second kappa shape index (κ2) is 9.28. The summed E-state index contributed by atoms with van der Waals surface area (Å²) in [5.74, 6) is 1.61. The van der Waals surface area contributed by atoms with Crippen molar-refractivity contribution in [1.29, 1.82) is 0 Å². The summed E-state index contributed by atoms with van der Waals surface area (Å²) in [5, 5.41) is 14.2. The van der Waals surface area contributed by atoms with E-state index >= 15 is 0 Å². The Labute approximate surface area is 164 Å². The van der Waals surface area contributed by atoms with Crippen molar-refractivity contribution in [1.82, 2.24) is 9.97 Å². The second-order valence-corrected chi connectivity index (χ2v) is 6.54. The number of carbonyl (C=O) groups excluding carboxylic acids is 1. The van der Waals surface area contributed by atoms with Crippen molar-refractivity contribution in [3.8, 4) is 17.0 Å². The van der Waals surface area contributed by atoms with Gasteiger partial charge in [-0.25, -0.2) is 9.97 Å². The molecule has 0 amide bonds. The third-order valence-corrected chi connectivity index (χ3v) is 4.57. The summed E-state index contributed by atoms with van der Waals surface area (Å²) in [7, 11) is 1.63. The van der Waals surface area contributed by atoms with Gasteiger partial charge in [0, 0.05) is 42.3 Å². The third-order valence-electron chi connectivity index (χ3n) is 4.57. The molecule has 0 saturated carbocycles. The number of ether oxygens (including phenoxy) is 1. The van der Waals surface area contributed by atoms with Crippen molar-refractivity contribution >= 4 is 22.2 Å². The van der Waals surface area contributed by atoms with Gasteiger partial charge >= 0.3 is 0 Å². The van der Waals surface area contributed by atoms with Crippen molar-refractivity contribution in [2.24, 2.45) is 0 Å². The molecule has 0 aliphatic heterocycles. The number of benzene rings is 2. The lowest BCUT2D eigenvalue weighted by Gasteiger charge is -2.13. The number of aliphatic hydroxyl groups excluding tert-OH is 1. The molecule has 2 aromatic carbocycles. The molecule has 0 aliphatic carbocycles. The Hall–Kier alpha value is -2.99. The van der Waals surface area contributed by atoms with E-state index in [4.69, 9.17) is 9.84 Å². The largest absolute Gasteiger partial charge is 0.497 e. The summed E-state index contributed by atoms with van der Waals surface area (Å²) in [6, 6.07) is 11.8. The van der Waals surface area contributed by atoms with E-state index < -0.39 is 0 Å². The maximum atomic E-state index is 12.1. The number of nitrogens with one attached hydrogen (secondary N) is 1. The number of rotatable bonds is 9. The van der Waals surface area contributed by atoms with Crippen molar-refractivity contribution in [3.05, 3.63) is 48.4 Å². The van der Waals surface area contributed by atoms with Crippen LogP contribution in [0.15, 0.2) is 42.6 Å². The Kier molecular flexibility index (Phi) is 6.55. The number of ketones is 1. The second-order valence-electron chi connectivity index (χ2n) is 6.54. The molecule has 3 aromatic rings. The molecule has 0 unspecified atom stereocenters. The van der Waals surface area contributed by atoms with Gasteiger partial charge in [0.05, 0.1) is 19.3 Å². The quantitative estimate of drug-likeness (QED) is 0.591. The Morgan fingerprint density at radius 3 is 2.82 bits per heavy atom. The lowest BCUT2D eigenvalue weighted by atomic mass is 10.0. The molecular formula is C22H25N3O3. The van der Waals surface area contributed by atoms with Crippen molar-refractivity contribution < 1.29 is 14.6 Å². The van der Waals surface area contributed by atoms with Gasteiger partial charge in [-0.1, -0.05) is 13.0 Å². The van der Waals surface area contributed by atoms with Crippen LogP contribution >= 0.6 is 0 Å². The van der Waals surface area contributed by atoms with Crippen LogP contribution in [0, 0.1) is 0 Å². The molecule has 0 saturated heterocycles. The lowest BCUT2D eigenvalue weighted by molar-refractivity contribution is -0.117. The highest BCUT2D eigenvalue weighted by atomic mass is 16.5. The normalized spacial score (nSPS) is 10.8. The van der Waals surface area contributed by atoms with Crippen LogP contribution in [0.25, 0.3) is 22.0 Å². The number of carbonyl (C=O) groups is 1. The van der Waals surface area contributed by atoms with Gasteiger partial charge in [0.1, 0.15) is 11.6 Å². The molecule has 1 heterocycles. The molecule has 0 bridgehead atoms. The van der Waals surface area contributed by atoms with Crippen LogP contribution in [0.4, 0.5) is 5.69 Å². The summed E-state index contributed by atoms with van der Waals surface area (Å²) in [6.07, 6.45) is 3.38. The first kappa shape index (κ1) is 19.8. The number of hydrogen-bond acceptors (Lipinski definition) is 6. The zero-order valence-corrected chi connectivity index (χ0v) is 16.2. The maximum Gasteiger partial charge on any atom is 0.151 e. The predicted molar refractivity (Wildman–Crippen MR) is 111 cm³/mol. The highest BCUT2D eigenvalue weighted by Gasteiger charge is 2.10. The smallest absolute Gasteiger partial charge is 0.151 e. The van der Waals surface area contributed by atoms with Gasteiger partial charge in [-0.05, 0) is 42.1 Å². The third kappa shape index (κ3) is 4.64. The summed E-state index contributed by atoms with van der Waals surface area (Å²) in [4.78, 5) is 20.9. The van der Waals surface area contributed by atoms with Crippen LogP contribution in [0.5, 0.6) is 5.75 Å². The minimum absolute atomic E-state index is 0.0226. The molecule has 2 N–H and O–H groups in total. The monoisotopic (exact) mass is 379 g/mol. The minimum atomic E-state index is 0.0226. The highest BCUT2D eigenvalue weighted by molar-refractivity contribution is 5.99. The predicted octanol–water partition coefficient (Wildman–Crippen LogP) is 3.62. The fourth-order valence-corrected chi connectivity index (χ4v) is 3.05. The molecular weight excluding hydrogens is 354 g/mol. The fraction of sp³-hybridized carbons (Fsp3) is 0.318. The van der Waals surface area contributed by atoms with Crippen molar-refractivity contribution in [2.75, 3.05) is 25.6 Å². The van der Waals surface area contributed by atoms with Crippen LogP contribution in [-0.4, -0.2) is 41.1 Å². The maximum absolute atomic E-state index is 12.1. The van der Waals surface area contributed by atoms with Gasteiger partial charge in [-0.15, -0.1) is 0 Å². The SMILES string of the molecule is CCc1nccc(-c2cc(NCC(=O)CCCO)c3cc(OC)ccc3c2)n1. The molecule has 146 valence electrons. The standard InChI is InChI=1S/C22H25N3O3/c1-3-22-23-9-8-20(25-22)16-11-15-6-7-18(28-2)13-19(15)21(12-16)24-14-17(27)5-4-10-26/h6-9,11-13,24,26H,3-5,10,14H2,1-2H3. The number of fused-ring (bicyclic) bond motifs is 1. The summed E-state index contributed by atoms with van der Waals surface area (Å²) >= 11 is 0. The van der Waals surface area contributed by atoms with E-state index in [2.05, 4.69) is 21.4 Å². The van der Waals surface area contributed by atoms with E-state index in [9.17, 15) is 4.79 Å². The van der Waals surface area contributed by atoms with E-state index in [0.29, 0.717) is 12.8 Å².